The number of aryl methyl sites for hydroxylation is 1. The highest BCUT2D eigenvalue weighted by atomic mass is 35.5. The quantitative estimate of drug-likeness (QED) is 0.174. The molecule has 3 aromatic carbocycles. The van der Waals surface area contributed by atoms with Crippen LogP contribution < -0.4 is 15.0 Å². The van der Waals surface area contributed by atoms with E-state index in [0.29, 0.717) is 33.1 Å². The molecule has 1 atom stereocenters. The summed E-state index contributed by atoms with van der Waals surface area (Å²) in [7, 11) is 1.64. The van der Waals surface area contributed by atoms with Crippen LogP contribution in [-0.4, -0.2) is 41.7 Å². The summed E-state index contributed by atoms with van der Waals surface area (Å²) in [6.07, 6.45) is 0.619. The number of carbonyl (C=O) groups excluding carboxylic acids is 1. The molecule has 0 spiro atoms. The van der Waals surface area contributed by atoms with E-state index in [2.05, 4.69) is 18.9 Å². The second-order valence-corrected chi connectivity index (χ2v) is 10.0. The first-order chi connectivity index (χ1) is 19.1. The topological polar surface area (TPSA) is 92.0 Å². The maximum absolute atomic E-state index is 13.8. The summed E-state index contributed by atoms with van der Waals surface area (Å²) in [5.41, 5.74) is 3.32. The second-order valence-electron chi connectivity index (χ2n) is 9.57. The number of benzene rings is 3. The number of para-hydroxylation sites is 1. The van der Waals surface area contributed by atoms with Crippen molar-refractivity contribution in [3.05, 3.63) is 86.7 Å². The first-order valence-electron chi connectivity index (χ1n) is 13.0. The molecule has 1 aromatic heterocycles. The van der Waals surface area contributed by atoms with Gasteiger partial charge in [-0.15, -0.1) is 0 Å². The van der Waals surface area contributed by atoms with Gasteiger partial charge in [-0.3, -0.25) is 4.79 Å². The maximum Gasteiger partial charge on any atom is 0.347 e. The molecule has 4 aromatic rings. The number of hydrogen-bond acceptors (Lipinski definition) is 7. The first kappa shape index (κ1) is 28.8. The number of methoxy groups -OCH3 is 1. The molecule has 9 heteroatoms. The van der Waals surface area contributed by atoms with Crippen molar-refractivity contribution in [2.75, 3.05) is 13.7 Å². The molecule has 0 fully saturated rings. The van der Waals surface area contributed by atoms with Crippen LogP contribution in [0.2, 0.25) is 5.02 Å². The van der Waals surface area contributed by atoms with Crippen LogP contribution in [0.15, 0.2) is 64.5 Å². The number of hydrogen-bond donors (Lipinski definition) is 0. The van der Waals surface area contributed by atoms with Crippen LogP contribution in [0.25, 0.3) is 22.3 Å². The minimum atomic E-state index is -0.856. The fourth-order valence-electron chi connectivity index (χ4n) is 4.32. The average molecular weight is 562 g/mol. The Labute approximate surface area is 238 Å². The molecular weight excluding hydrogens is 530 g/mol. The van der Waals surface area contributed by atoms with E-state index in [0.717, 1.165) is 22.4 Å². The Bertz CT molecular complexity index is 1640. The number of halogens is 1. The Balaban J connectivity index is 1.90. The smallest absolute Gasteiger partial charge is 0.347 e. The molecule has 0 N–H and O–H groups in total. The van der Waals surface area contributed by atoms with Crippen molar-refractivity contribution in [3.8, 4) is 22.9 Å². The highest BCUT2D eigenvalue weighted by Gasteiger charge is 2.20. The second kappa shape index (κ2) is 12.3. The van der Waals surface area contributed by atoms with Crippen LogP contribution in [0.3, 0.4) is 0 Å². The fraction of sp³-hybridized carbons (Fsp3) is 0.290. The van der Waals surface area contributed by atoms with E-state index in [4.69, 9.17) is 30.8 Å². The lowest BCUT2D eigenvalue weighted by Crippen LogP contribution is -2.26. The zero-order valence-electron chi connectivity index (χ0n) is 23.4. The lowest BCUT2D eigenvalue weighted by molar-refractivity contribution is -0.150. The van der Waals surface area contributed by atoms with E-state index in [1.807, 2.05) is 25.1 Å². The van der Waals surface area contributed by atoms with E-state index < -0.39 is 12.1 Å². The molecule has 0 aliphatic heterocycles. The van der Waals surface area contributed by atoms with Gasteiger partial charge in [0.05, 0.1) is 30.8 Å². The third kappa shape index (κ3) is 6.02. The molecule has 0 unspecified atom stereocenters. The molecule has 0 aliphatic carbocycles. The van der Waals surface area contributed by atoms with E-state index in [1.54, 1.807) is 57.4 Å². The summed E-state index contributed by atoms with van der Waals surface area (Å²) >= 11 is 6.28. The van der Waals surface area contributed by atoms with Crippen LogP contribution in [0.4, 0.5) is 0 Å². The lowest BCUT2D eigenvalue weighted by atomic mass is 9.96. The molecule has 0 saturated heterocycles. The molecule has 0 aliphatic rings. The third-order valence-corrected chi connectivity index (χ3v) is 6.63. The number of rotatable bonds is 9. The molecule has 40 heavy (non-hydrogen) atoms. The van der Waals surface area contributed by atoms with Crippen LogP contribution in [0, 0.1) is 6.92 Å². The normalized spacial score (nSPS) is 12.2. The molecule has 1 heterocycles. The molecule has 0 amide bonds. The summed E-state index contributed by atoms with van der Waals surface area (Å²) in [4.78, 5) is 30.8. The van der Waals surface area contributed by atoms with Gasteiger partial charge in [0.15, 0.2) is 11.9 Å². The van der Waals surface area contributed by atoms with Crippen molar-refractivity contribution >= 4 is 34.7 Å². The van der Waals surface area contributed by atoms with Crippen molar-refractivity contribution in [1.82, 2.24) is 9.66 Å². The Morgan fingerprint density at radius 2 is 1.85 bits per heavy atom. The van der Waals surface area contributed by atoms with Crippen LogP contribution >= 0.6 is 11.6 Å². The van der Waals surface area contributed by atoms with Crippen molar-refractivity contribution in [2.24, 2.45) is 5.10 Å². The minimum Gasteiger partial charge on any atom is -0.496 e. The monoisotopic (exact) mass is 561 g/mol. The molecule has 208 valence electrons. The van der Waals surface area contributed by atoms with Gasteiger partial charge in [0.25, 0.3) is 5.56 Å². The average Bonchev–Trinajstić information content (AvgIpc) is 2.93. The van der Waals surface area contributed by atoms with Crippen molar-refractivity contribution in [1.29, 1.82) is 0 Å². The highest BCUT2D eigenvalue weighted by molar-refractivity contribution is 6.30. The van der Waals surface area contributed by atoms with Crippen LogP contribution in [0.5, 0.6) is 11.5 Å². The molecule has 8 nitrogen and oxygen atoms in total. The third-order valence-electron chi connectivity index (χ3n) is 6.40. The van der Waals surface area contributed by atoms with Gasteiger partial charge in [0.2, 0.25) is 0 Å². The Kier molecular flexibility index (Phi) is 8.90. The van der Waals surface area contributed by atoms with Gasteiger partial charge in [-0.05, 0) is 80.3 Å². The van der Waals surface area contributed by atoms with Gasteiger partial charge in [0, 0.05) is 16.1 Å². The van der Waals surface area contributed by atoms with Crippen molar-refractivity contribution in [3.63, 3.8) is 0 Å². The van der Waals surface area contributed by atoms with Gasteiger partial charge in [-0.25, -0.2) is 9.78 Å². The predicted molar refractivity (Wildman–Crippen MR) is 158 cm³/mol. The van der Waals surface area contributed by atoms with Gasteiger partial charge in [-0.2, -0.15) is 9.78 Å². The Hall–Kier alpha value is -4.17. The number of ether oxygens (including phenoxy) is 3. The summed E-state index contributed by atoms with van der Waals surface area (Å²) in [6.45, 7) is 9.67. The van der Waals surface area contributed by atoms with Crippen molar-refractivity contribution < 1.29 is 19.0 Å². The SMILES string of the molecule is CCOC(=O)[C@@H](C)Oc1ccc(Cl)cc1C=Nn1c(-c2cc(C(C)C)c(OC)cc2C)nc2ccccc2c1=O. The summed E-state index contributed by atoms with van der Waals surface area (Å²) in [5, 5.41) is 5.45. The fourth-order valence-corrected chi connectivity index (χ4v) is 4.50. The largest absolute Gasteiger partial charge is 0.496 e. The highest BCUT2D eigenvalue weighted by Crippen LogP contribution is 2.34. The predicted octanol–water partition coefficient (Wildman–Crippen LogP) is 6.37. The summed E-state index contributed by atoms with van der Waals surface area (Å²) < 4.78 is 17.8. The van der Waals surface area contributed by atoms with E-state index >= 15 is 0 Å². The zero-order chi connectivity index (χ0) is 29.0. The number of nitrogens with zero attached hydrogens (tertiary/aromatic N) is 3. The van der Waals surface area contributed by atoms with Crippen molar-refractivity contribution in [2.45, 2.75) is 46.6 Å². The van der Waals surface area contributed by atoms with E-state index in [9.17, 15) is 9.59 Å². The summed E-state index contributed by atoms with van der Waals surface area (Å²) in [6, 6.07) is 16.0. The first-order valence-corrected chi connectivity index (χ1v) is 13.4. The van der Waals surface area contributed by atoms with Crippen LogP contribution in [0.1, 0.15) is 50.3 Å². The molecular formula is C31H32ClN3O5. The maximum atomic E-state index is 13.8. The molecule has 0 radical (unpaired) electrons. The molecule has 0 bridgehead atoms. The molecule has 0 saturated carbocycles. The van der Waals surface area contributed by atoms with Gasteiger partial charge in [-0.1, -0.05) is 37.6 Å². The van der Waals surface area contributed by atoms with E-state index in [-0.39, 0.29) is 18.1 Å². The number of fused-ring (bicyclic) bond motifs is 1. The standard InChI is InChI=1S/C31H32ClN3O5/c1-7-39-31(37)20(5)40-27-13-12-22(32)15-21(27)17-33-35-29(34-26-11-9-8-10-23(26)30(35)36)25-16-24(18(2)3)28(38-6)14-19(25)4/h8-18,20H,7H2,1-6H3/t20-/m1/s1. The Morgan fingerprint density at radius 1 is 1.10 bits per heavy atom. The number of carbonyl (C=O) groups is 1. The number of aromatic nitrogens is 2. The van der Waals surface area contributed by atoms with Gasteiger partial charge in [0.1, 0.15) is 11.5 Å². The molecule has 4 rings (SSSR count). The summed E-state index contributed by atoms with van der Waals surface area (Å²) in [5.74, 6) is 1.19. The Morgan fingerprint density at radius 3 is 2.55 bits per heavy atom. The zero-order valence-corrected chi connectivity index (χ0v) is 24.2. The van der Waals surface area contributed by atoms with Crippen LogP contribution in [-0.2, 0) is 9.53 Å². The minimum absolute atomic E-state index is 0.172. The lowest BCUT2D eigenvalue weighted by Gasteiger charge is -2.17. The van der Waals surface area contributed by atoms with E-state index in [1.165, 1.54) is 10.9 Å². The van der Waals surface area contributed by atoms with Gasteiger partial charge >= 0.3 is 5.97 Å². The number of esters is 1. The van der Waals surface area contributed by atoms with Gasteiger partial charge < -0.3 is 14.2 Å².